The van der Waals surface area contributed by atoms with Crippen LogP contribution in [-0.4, -0.2) is 36.8 Å². The largest absolute Gasteiger partial charge is 0.342 e. The number of rotatable bonds is 13. The molecule has 0 bridgehead atoms. The van der Waals surface area contributed by atoms with Crippen molar-refractivity contribution in [3.63, 3.8) is 0 Å². The van der Waals surface area contributed by atoms with E-state index in [1.807, 2.05) is 81.4 Å². The molecule has 1 unspecified atom stereocenters. The molecule has 2 rings (SSSR count). The SMILES string of the molecule is C=CC[C@H](N=C(c1ccccc1)c1ccccc1)P(=O)(OCC)C(C)(OCC)OCC. The maximum Gasteiger partial charge on any atom is 0.284 e. The number of hydrogen-bond acceptors (Lipinski definition) is 5. The molecule has 0 aliphatic heterocycles. The van der Waals surface area contributed by atoms with Crippen molar-refractivity contribution >= 4 is 13.1 Å². The summed E-state index contributed by atoms with van der Waals surface area (Å²) in [6, 6.07) is 19.7. The number of hydrogen-bond donors (Lipinski definition) is 0. The van der Waals surface area contributed by atoms with Crippen molar-refractivity contribution in [3.8, 4) is 0 Å². The molecule has 31 heavy (non-hydrogen) atoms. The average Bonchev–Trinajstić information content (AvgIpc) is 2.78. The highest BCUT2D eigenvalue weighted by Crippen LogP contribution is 2.65. The normalized spacial score (nSPS) is 14.5. The maximum absolute atomic E-state index is 14.5. The molecule has 0 aliphatic carbocycles. The van der Waals surface area contributed by atoms with E-state index in [2.05, 4.69) is 6.58 Å². The van der Waals surface area contributed by atoms with Crippen LogP contribution in [0.3, 0.4) is 0 Å². The quantitative estimate of drug-likeness (QED) is 0.154. The Morgan fingerprint density at radius 1 is 0.968 bits per heavy atom. The third kappa shape index (κ3) is 6.02. The number of nitrogens with zero attached hydrogens (tertiary/aromatic N) is 1. The molecular weight excluding hydrogens is 409 g/mol. The fourth-order valence-corrected chi connectivity index (χ4v) is 6.14. The van der Waals surface area contributed by atoms with Gasteiger partial charge in [-0.05, 0) is 34.1 Å². The van der Waals surface area contributed by atoms with Gasteiger partial charge in [0.1, 0.15) is 5.78 Å². The monoisotopic (exact) mass is 443 g/mol. The molecule has 2 aromatic rings. The molecule has 168 valence electrons. The Balaban J connectivity index is 2.71. The topological polar surface area (TPSA) is 57.1 Å². The molecule has 5 nitrogen and oxygen atoms in total. The molecular formula is C25H34NO4P. The first-order valence-corrected chi connectivity index (χ1v) is 12.5. The van der Waals surface area contributed by atoms with E-state index >= 15 is 0 Å². The third-order valence-corrected chi connectivity index (χ3v) is 8.00. The fraction of sp³-hybridized carbons (Fsp3) is 0.400. The predicted octanol–water partition coefficient (Wildman–Crippen LogP) is 6.49. The third-order valence-electron chi connectivity index (χ3n) is 4.85. The van der Waals surface area contributed by atoms with Crippen LogP contribution in [0.4, 0.5) is 0 Å². The summed E-state index contributed by atoms with van der Waals surface area (Å²) < 4.78 is 32.2. The van der Waals surface area contributed by atoms with Crippen LogP contribution in [0.15, 0.2) is 78.3 Å². The molecule has 2 atom stereocenters. The lowest BCUT2D eigenvalue weighted by atomic mass is 10.0. The van der Waals surface area contributed by atoms with E-state index in [0.29, 0.717) is 19.6 Å². The van der Waals surface area contributed by atoms with Crippen molar-refractivity contribution in [2.45, 2.75) is 45.4 Å². The molecule has 0 fully saturated rings. The minimum Gasteiger partial charge on any atom is -0.342 e. The molecule has 2 aromatic carbocycles. The van der Waals surface area contributed by atoms with Crippen LogP contribution in [0, 0.1) is 0 Å². The second-order valence-corrected chi connectivity index (χ2v) is 9.85. The van der Waals surface area contributed by atoms with Gasteiger partial charge in [0.25, 0.3) is 7.37 Å². The summed E-state index contributed by atoms with van der Waals surface area (Å²) in [5, 5.41) is 0. The van der Waals surface area contributed by atoms with Gasteiger partial charge < -0.3 is 14.0 Å². The highest BCUT2D eigenvalue weighted by Gasteiger charge is 2.53. The molecule has 6 heteroatoms. The van der Waals surface area contributed by atoms with Crippen LogP contribution in [0.1, 0.15) is 45.2 Å². The van der Waals surface area contributed by atoms with Crippen LogP contribution in [0.2, 0.25) is 0 Å². The Morgan fingerprint density at radius 2 is 1.45 bits per heavy atom. The van der Waals surface area contributed by atoms with Gasteiger partial charge in [-0.2, -0.15) is 0 Å². The summed E-state index contributed by atoms with van der Waals surface area (Å²) in [4.78, 5) is 5.02. The summed E-state index contributed by atoms with van der Waals surface area (Å²) >= 11 is 0. The van der Waals surface area contributed by atoms with E-state index in [1.54, 1.807) is 13.0 Å². The Labute approximate surface area is 186 Å². The van der Waals surface area contributed by atoms with Crippen LogP contribution in [0.25, 0.3) is 0 Å². The molecule has 0 aromatic heterocycles. The molecule has 0 aliphatic rings. The van der Waals surface area contributed by atoms with Gasteiger partial charge in [-0.1, -0.05) is 66.7 Å². The zero-order chi connectivity index (χ0) is 22.7. The summed E-state index contributed by atoms with van der Waals surface area (Å²) in [5.41, 5.74) is 1.19. The second kappa shape index (κ2) is 12.1. The minimum absolute atomic E-state index is 0.252. The highest BCUT2D eigenvalue weighted by molar-refractivity contribution is 7.61. The summed E-state index contributed by atoms with van der Waals surface area (Å²) in [7, 11) is -3.60. The minimum atomic E-state index is -3.60. The van der Waals surface area contributed by atoms with Crippen molar-refractivity contribution in [1.82, 2.24) is 0 Å². The van der Waals surface area contributed by atoms with Crippen molar-refractivity contribution in [1.29, 1.82) is 0 Å². The summed E-state index contributed by atoms with van der Waals surface area (Å²) in [6.07, 6.45) is 2.07. The number of ether oxygens (including phenoxy) is 2. The molecule has 0 saturated carbocycles. The van der Waals surface area contributed by atoms with E-state index in [0.717, 1.165) is 16.8 Å². The molecule has 0 spiro atoms. The van der Waals surface area contributed by atoms with Gasteiger partial charge in [-0.15, -0.1) is 6.58 Å². The lowest BCUT2D eigenvalue weighted by molar-refractivity contribution is -0.168. The summed E-state index contributed by atoms with van der Waals surface area (Å²) in [5.74, 6) is -0.719. The standard InChI is InChI=1S/C25H34NO4P/c1-6-16-23(31(27,30-9-4)25(5,28-7-2)29-8-3)26-24(21-17-12-10-13-18-21)22-19-14-11-15-20-22/h6,10-15,17-20,23H,1,7-9,16H2,2-5H3/t23-,31?/m1/s1. The van der Waals surface area contributed by atoms with Crippen molar-refractivity contribution in [2.24, 2.45) is 4.99 Å². The van der Waals surface area contributed by atoms with Gasteiger partial charge in [-0.25, -0.2) is 0 Å². The lowest BCUT2D eigenvalue weighted by Gasteiger charge is -2.38. The number of benzene rings is 2. The second-order valence-electron chi connectivity index (χ2n) is 6.99. The van der Waals surface area contributed by atoms with E-state index in [1.165, 1.54) is 0 Å². The highest BCUT2D eigenvalue weighted by atomic mass is 31.2. The Bertz CT molecular complexity index is 835. The Morgan fingerprint density at radius 3 is 1.84 bits per heavy atom. The Hall–Kier alpha value is -2.04. The first kappa shape index (κ1) is 25.2. The molecule has 0 amide bonds. The average molecular weight is 444 g/mol. The molecule has 0 N–H and O–H groups in total. The van der Waals surface area contributed by atoms with Crippen molar-refractivity contribution < 1.29 is 18.6 Å². The first-order chi connectivity index (χ1) is 15.0. The van der Waals surface area contributed by atoms with Crippen LogP contribution >= 0.6 is 7.37 Å². The van der Waals surface area contributed by atoms with Crippen molar-refractivity contribution in [3.05, 3.63) is 84.4 Å². The smallest absolute Gasteiger partial charge is 0.284 e. The van der Waals surface area contributed by atoms with Gasteiger partial charge in [0.2, 0.25) is 5.53 Å². The van der Waals surface area contributed by atoms with Gasteiger partial charge in [0, 0.05) is 24.3 Å². The van der Waals surface area contributed by atoms with Crippen molar-refractivity contribution in [2.75, 3.05) is 19.8 Å². The molecule has 0 radical (unpaired) electrons. The number of aliphatic imine (C=N–C) groups is 1. The zero-order valence-corrected chi connectivity index (χ0v) is 19.9. The lowest BCUT2D eigenvalue weighted by Crippen LogP contribution is -2.37. The van der Waals surface area contributed by atoms with Gasteiger partial charge in [-0.3, -0.25) is 9.56 Å². The van der Waals surface area contributed by atoms with Crippen LogP contribution in [-0.2, 0) is 18.6 Å². The van der Waals surface area contributed by atoms with E-state index in [9.17, 15) is 4.57 Å². The zero-order valence-electron chi connectivity index (χ0n) is 19.0. The molecule has 0 heterocycles. The predicted molar refractivity (Wildman–Crippen MR) is 128 cm³/mol. The van der Waals surface area contributed by atoms with E-state index in [-0.39, 0.29) is 6.61 Å². The first-order valence-electron chi connectivity index (χ1n) is 10.8. The summed E-state index contributed by atoms with van der Waals surface area (Å²) in [6.45, 7) is 12.0. The fourth-order valence-electron chi connectivity index (χ4n) is 3.50. The van der Waals surface area contributed by atoms with Crippen LogP contribution < -0.4 is 0 Å². The van der Waals surface area contributed by atoms with Gasteiger partial charge >= 0.3 is 0 Å². The molecule has 0 saturated heterocycles. The van der Waals surface area contributed by atoms with Gasteiger partial charge in [0.05, 0.1) is 12.3 Å². The van der Waals surface area contributed by atoms with Crippen LogP contribution in [0.5, 0.6) is 0 Å². The van der Waals surface area contributed by atoms with Gasteiger partial charge in [0.15, 0.2) is 0 Å². The Kier molecular flexibility index (Phi) is 9.86. The van der Waals surface area contributed by atoms with E-state index in [4.69, 9.17) is 19.0 Å². The van der Waals surface area contributed by atoms with E-state index < -0.39 is 18.7 Å². The maximum atomic E-state index is 14.5.